The van der Waals surface area contributed by atoms with Crippen LogP contribution in [-0.4, -0.2) is 32.7 Å². The van der Waals surface area contributed by atoms with Crippen molar-refractivity contribution in [1.82, 2.24) is 5.32 Å². The van der Waals surface area contributed by atoms with Crippen molar-refractivity contribution in [2.24, 2.45) is 5.92 Å². The molecule has 0 bridgehead atoms. The summed E-state index contributed by atoms with van der Waals surface area (Å²) < 4.78 is 25.1. The number of rotatable bonds is 4. The lowest BCUT2D eigenvalue weighted by Crippen LogP contribution is -2.34. The van der Waals surface area contributed by atoms with Crippen molar-refractivity contribution in [3.63, 3.8) is 0 Å². The summed E-state index contributed by atoms with van der Waals surface area (Å²) in [5.41, 5.74) is 1.21. The highest BCUT2D eigenvalue weighted by Gasteiger charge is 2.30. The summed E-state index contributed by atoms with van der Waals surface area (Å²) in [6.45, 7) is 2.55. The van der Waals surface area contributed by atoms with Gasteiger partial charge in [0.2, 0.25) is 10.0 Å². The molecule has 1 unspecified atom stereocenters. The highest BCUT2D eigenvalue weighted by atomic mass is 32.2. The van der Waals surface area contributed by atoms with Crippen LogP contribution in [0.15, 0.2) is 24.3 Å². The monoisotopic (exact) mass is 308 g/mol. The molecule has 1 atom stereocenters. The molecule has 0 aromatic heterocycles. The molecule has 2 aliphatic rings. The maximum Gasteiger partial charge on any atom is 0.251 e. The maximum absolute atomic E-state index is 12.1. The molecule has 5 nitrogen and oxygen atoms in total. The quantitative estimate of drug-likeness (QED) is 0.921. The van der Waals surface area contributed by atoms with Crippen LogP contribution in [0.25, 0.3) is 0 Å². The number of sulfonamides is 1. The van der Waals surface area contributed by atoms with Crippen LogP contribution in [0.5, 0.6) is 0 Å². The van der Waals surface area contributed by atoms with E-state index in [0.29, 0.717) is 30.1 Å². The molecule has 1 saturated heterocycles. The van der Waals surface area contributed by atoms with Gasteiger partial charge in [-0.15, -0.1) is 0 Å². The van der Waals surface area contributed by atoms with Crippen molar-refractivity contribution in [3.8, 4) is 0 Å². The largest absolute Gasteiger partial charge is 0.349 e. The number of benzene rings is 1. The van der Waals surface area contributed by atoms with Crippen molar-refractivity contribution >= 4 is 21.6 Å². The van der Waals surface area contributed by atoms with Gasteiger partial charge in [-0.25, -0.2) is 8.42 Å². The fourth-order valence-corrected chi connectivity index (χ4v) is 4.28. The molecule has 21 heavy (non-hydrogen) atoms. The Balaban J connectivity index is 1.70. The zero-order valence-electron chi connectivity index (χ0n) is 12.1. The van der Waals surface area contributed by atoms with Crippen LogP contribution in [0.3, 0.4) is 0 Å². The molecular formula is C15H20N2O3S. The summed E-state index contributed by atoms with van der Waals surface area (Å²) in [4.78, 5) is 12.1. The molecule has 1 aromatic carbocycles. The number of amides is 1. The second-order valence-corrected chi connectivity index (χ2v) is 7.90. The van der Waals surface area contributed by atoms with Gasteiger partial charge in [0.15, 0.2) is 0 Å². The molecule has 1 aliphatic heterocycles. The Kier molecular flexibility index (Phi) is 3.65. The third-order valence-electron chi connectivity index (χ3n) is 4.20. The normalized spacial score (nSPS) is 22.0. The van der Waals surface area contributed by atoms with E-state index in [9.17, 15) is 13.2 Å². The number of hydrogen-bond acceptors (Lipinski definition) is 3. The van der Waals surface area contributed by atoms with E-state index in [-0.39, 0.29) is 17.7 Å². The molecule has 0 radical (unpaired) electrons. The molecule has 1 N–H and O–H groups in total. The van der Waals surface area contributed by atoms with Crippen LogP contribution < -0.4 is 9.62 Å². The van der Waals surface area contributed by atoms with Gasteiger partial charge in [-0.1, -0.05) is 0 Å². The molecule has 0 spiro atoms. The fourth-order valence-electron chi connectivity index (χ4n) is 2.71. The summed E-state index contributed by atoms with van der Waals surface area (Å²) in [6.07, 6.45) is 3.03. The van der Waals surface area contributed by atoms with Gasteiger partial charge in [0.1, 0.15) is 0 Å². The van der Waals surface area contributed by atoms with Crippen LogP contribution in [0.2, 0.25) is 0 Å². The van der Waals surface area contributed by atoms with Gasteiger partial charge in [0.05, 0.1) is 11.4 Å². The minimum Gasteiger partial charge on any atom is -0.349 e. The van der Waals surface area contributed by atoms with Gasteiger partial charge in [0, 0.05) is 18.2 Å². The predicted octanol–water partition coefficient (Wildman–Crippen LogP) is 1.75. The van der Waals surface area contributed by atoms with E-state index in [0.717, 1.165) is 0 Å². The highest BCUT2D eigenvalue weighted by molar-refractivity contribution is 7.93. The molecule has 1 heterocycles. The minimum atomic E-state index is -3.16. The molecule has 1 amide bonds. The topological polar surface area (TPSA) is 66.5 Å². The summed E-state index contributed by atoms with van der Waals surface area (Å²) in [5.74, 6) is 0.724. The lowest BCUT2D eigenvalue weighted by Gasteiger charge is -2.17. The third-order valence-corrected chi connectivity index (χ3v) is 6.07. The van der Waals surface area contributed by atoms with Crippen LogP contribution >= 0.6 is 0 Å². The fraction of sp³-hybridized carbons (Fsp3) is 0.533. The third kappa shape index (κ3) is 3.05. The van der Waals surface area contributed by atoms with Crippen LogP contribution in [0.1, 0.15) is 36.5 Å². The Morgan fingerprint density at radius 1 is 1.29 bits per heavy atom. The number of nitrogens with one attached hydrogen (secondary N) is 1. The van der Waals surface area contributed by atoms with Crippen LogP contribution in [0, 0.1) is 5.92 Å². The van der Waals surface area contributed by atoms with Gasteiger partial charge in [0.25, 0.3) is 5.91 Å². The smallest absolute Gasteiger partial charge is 0.251 e. The van der Waals surface area contributed by atoms with Crippen molar-refractivity contribution < 1.29 is 13.2 Å². The average Bonchev–Trinajstić information content (AvgIpc) is 3.23. The number of hydrogen-bond donors (Lipinski definition) is 1. The van der Waals surface area contributed by atoms with Crippen molar-refractivity contribution in [2.45, 2.75) is 32.2 Å². The summed E-state index contributed by atoms with van der Waals surface area (Å²) in [6, 6.07) is 7.01. The number of anilines is 1. The van der Waals surface area contributed by atoms with E-state index in [2.05, 4.69) is 5.32 Å². The Labute approximate surface area is 125 Å². The van der Waals surface area contributed by atoms with E-state index in [1.54, 1.807) is 24.3 Å². The number of carbonyl (C=O) groups excluding carboxylic acids is 1. The second kappa shape index (κ2) is 5.33. The van der Waals surface area contributed by atoms with Gasteiger partial charge in [-0.05, 0) is 56.4 Å². The van der Waals surface area contributed by atoms with Gasteiger partial charge in [-0.2, -0.15) is 0 Å². The van der Waals surface area contributed by atoms with E-state index in [1.165, 1.54) is 17.1 Å². The van der Waals surface area contributed by atoms with Gasteiger partial charge < -0.3 is 5.32 Å². The van der Waals surface area contributed by atoms with Gasteiger partial charge in [-0.3, -0.25) is 9.10 Å². The molecular weight excluding hydrogens is 288 g/mol. The Hall–Kier alpha value is -1.56. The molecule has 1 aromatic rings. The van der Waals surface area contributed by atoms with E-state index < -0.39 is 10.0 Å². The van der Waals surface area contributed by atoms with Gasteiger partial charge >= 0.3 is 0 Å². The SMILES string of the molecule is CC(NC(=O)c1ccc(N2CCCS2(=O)=O)cc1)C1CC1. The lowest BCUT2D eigenvalue weighted by atomic mass is 10.1. The molecule has 1 saturated carbocycles. The van der Waals surface area contributed by atoms with Crippen LogP contribution in [0.4, 0.5) is 5.69 Å². The average molecular weight is 308 g/mol. The summed E-state index contributed by atoms with van der Waals surface area (Å²) in [5, 5.41) is 2.99. The van der Waals surface area contributed by atoms with Crippen molar-refractivity contribution in [1.29, 1.82) is 0 Å². The number of nitrogens with zero attached hydrogens (tertiary/aromatic N) is 1. The van der Waals surface area contributed by atoms with Crippen LogP contribution in [-0.2, 0) is 10.0 Å². The number of carbonyl (C=O) groups is 1. The Morgan fingerprint density at radius 2 is 1.95 bits per heavy atom. The summed E-state index contributed by atoms with van der Waals surface area (Å²) >= 11 is 0. The molecule has 6 heteroatoms. The first-order valence-corrected chi connectivity index (χ1v) is 8.99. The highest BCUT2D eigenvalue weighted by Crippen LogP contribution is 2.32. The van der Waals surface area contributed by atoms with Crippen molar-refractivity contribution in [3.05, 3.63) is 29.8 Å². The predicted molar refractivity (Wildman–Crippen MR) is 81.8 cm³/mol. The molecule has 1 aliphatic carbocycles. The minimum absolute atomic E-state index is 0.0924. The first kappa shape index (κ1) is 14.4. The maximum atomic E-state index is 12.1. The second-order valence-electron chi connectivity index (χ2n) is 5.89. The zero-order chi connectivity index (χ0) is 15.0. The Morgan fingerprint density at radius 3 is 2.48 bits per heavy atom. The standard InChI is InChI=1S/C15H20N2O3S/c1-11(12-3-4-12)16-15(18)13-5-7-14(8-6-13)17-9-2-10-21(17,19)20/h5-8,11-12H,2-4,9-10H2,1H3,(H,16,18). The van der Waals surface area contributed by atoms with E-state index >= 15 is 0 Å². The van der Waals surface area contributed by atoms with Crippen molar-refractivity contribution in [2.75, 3.05) is 16.6 Å². The van der Waals surface area contributed by atoms with E-state index in [4.69, 9.17) is 0 Å². The first-order chi connectivity index (χ1) is 9.97. The lowest BCUT2D eigenvalue weighted by molar-refractivity contribution is 0.0936. The Bertz CT molecular complexity index is 635. The summed E-state index contributed by atoms with van der Waals surface area (Å²) in [7, 11) is -3.16. The molecule has 114 valence electrons. The van der Waals surface area contributed by atoms with E-state index in [1.807, 2.05) is 6.92 Å². The first-order valence-electron chi connectivity index (χ1n) is 7.39. The molecule has 3 rings (SSSR count). The zero-order valence-corrected chi connectivity index (χ0v) is 12.9. The molecule has 2 fully saturated rings.